The first kappa shape index (κ1) is 10.7. The molecule has 2 rings (SSSR count). The van der Waals surface area contributed by atoms with Gasteiger partial charge in [-0.1, -0.05) is 0 Å². The van der Waals surface area contributed by atoms with E-state index in [2.05, 4.69) is 33.4 Å². The van der Waals surface area contributed by atoms with E-state index in [9.17, 15) is 0 Å². The van der Waals surface area contributed by atoms with Gasteiger partial charge in [0.2, 0.25) is 0 Å². The van der Waals surface area contributed by atoms with Crippen molar-refractivity contribution in [1.82, 2.24) is 0 Å². The number of hydrogen-bond acceptors (Lipinski definition) is 0. The summed E-state index contributed by atoms with van der Waals surface area (Å²) in [4.78, 5) is 0. The van der Waals surface area contributed by atoms with Gasteiger partial charge in [-0.05, 0) is 0 Å². The van der Waals surface area contributed by atoms with Crippen LogP contribution in [0.15, 0.2) is 12.7 Å². The van der Waals surface area contributed by atoms with Gasteiger partial charge in [0.05, 0.1) is 0 Å². The van der Waals surface area contributed by atoms with Crippen LogP contribution >= 0.6 is 7.26 Å². The van der Waals surface area contributed by atoms with Crippen molar-refractivity contribution in [2.24, 2.45) is 5.92 Å². The Morgan fingerprint density at radius 3 is 2.50 bits per heavy atom. The summed E-state index contributed by atoms with van der Waals surface area (Å²) in [7, 11) is -0.774. The van der Waals surface area contributed by atoms with Gasteiger partial charge in [-0.25, -0.2) is 0 Å². The molecule has 0 bridgehead atoms. The fourth-order valence-corrected chi connectivity index (χ4v) is 10.3. The van der Waals surface area contributed by atoms with Crippen LogP contribution in [0.4, 0.5) is 0 Å². The molecule has 2 aliphatic rings. The van der Waals surface area contributed by atoms with Gasteiger partial charge in [-0.2, -0.15) is 0 Å². The molecular weight excluding hydrogens is 187 g/mol. The Bertz CT molecular complexity index is 238. The van der Waals surface area contributed by atoms with Gasteiger partial charge in [0, 0.05) is 0 Å². The zero-order valence-corrected chi connectivity index (χ0v) is 11.0. The van der Waals surface area contributed by atoms with Gasteiger partial charge in [0.1, 0.15) is 0 Å². The molecule has 0 aliphatic carbocycles. The molecule has 82 valence electrons. The van der Waals surface area contributed by atoms with Crippen molar-refractivity contribution < 1.29 is 0 Å². The summed E-state index contributed by atoms with van der Waals surface area (Å²) in [5.74, 6) is 0.751. The van der Waals surface area contributed by atoms with Crippen LogP contribution in [-0.4, -0.2) is 23.1 Å². The van der Waals surface area contributed by atoms with Crippen LogP contribution in [0.1, 0.15) is 40.0 Å². The van der Waals surface area contributed by atoms with Crippen molar-refractivity contribution in [1.29, 1.82) is 0 Å². The number of hydrogen-bond donors (Lipinski definition) is 0. The predicted molar refractivity (Wildman–Crippen MR) is 69.1 cm³/mol. The number of rotatable bonds is 3. The second-order valence-corrected chi connectivity index (χ2v) is 11.7. The van der Waals surface area contributed by atoms with E-state index in [1.54, 1.807) is 12.3 Å². The summed E-state index contributed by atoms with van der Waals surface area (Å²) in [5, 5.41) is 0.775. The van der Waals surface area contributed by atoms with E-state index < -0.39 is 7.26 Å². The second kappa shape index (κ2) is 3.34. The maximum atomic E-state index is 3.92. The molecule has 0 aromatic heterocycles. The van der Waals surface area contributed by atoms with E-state index in [4.69, 9.17) is 0 Å². The van der Waals surface area contributed by atoms with Gasteiger partial charge < -0.3 is 0 Å². The van der Waals surface area contributed by atoms with Gasteiger partial charge >= 0.3 is 89.0 Å². The van der Waals surface area contributed by atoms with Crippen LogP contribution in [0.5, 0.6) is 0 Å². The third kappa shape index (κ3) is 1.30. The molecule has 2 heterocycles. The SMILES string of the molecule is C=CC(C)CC1CC(C)(C)[PH]12CCC2. The molecule has 0 radical (unpaired) electrons. The molecular formula is C13H25P. The van der Waals surface area contributed by atoms with Gasteiger partial charge in [0.25, 0.3) is 0 Å². The summed E-state index contributed by atoms with van der Waals surface area (Å²) >= 11 is 0. The van der Waals surface area contributed by atoms with Crippen LogP contribution in [0, 0.1) is 5.92 Å². The maximum absolute atomic E-state index is 3.92. The van der Waals surface area contributed by atoms with Crippen LogP contribution in [-0.2, 0) is 0 Å². The molecule has 1 heteroatoms. The molecule has 2 unspecified atom stereocenters. The van der Waals surface area contributed by atoms with Gasteiger partial charge in [0.15, 0.2) is 0 Å². The Kier molecular flexibility index (Phi) is 2.55. The fraction of sp³-hybridized carbons (Fsp3) is 0.846. The Balaban J connectivity index is 2.00. The Labute approximate surface area is 89.5 Å². The summed E-state index contributed by atoms with van der Waals surface area (Å²) in [6.07, 6.45) is 9.90. The van der Waals surface area contributed by atoms with Crippen molar-refractivity contribution in [3.63, 3.8) is 0 Å². The van der Waals surface area contributed by atoms with Gasteiger partial charge in [-0.3, -0.25) is 0 Å². The van der Waals surface area contributed by atoms with E-state index in [0.29, 0.717) is 0 Å². The van der Waals surface area contributed by atoms with E-state index in [0.717, 1.165) is 16.7 Å². The van der Waals surface area contributed by atoms with E-state index in [-0.39, 0.29) is 0 Å². The summed E-state index contributed by atoms with van der Waals surface area (Å²) < 4.78 is 0. The second-order valence-electron chi connectivity index (χ2n) is 6.24. The Morgan fingerprint density at radius 2 is 2.14 bits per heavy atom. The Morgan fingerprint density at radius 1 is 1.50 bits per heavy atom. The first-order chi connectivity index (χ1) is 6.52. The minimum absolute atomic E-state index is 0.751. The number of allylic oxidation sites excluding steroid dienone is 1. The van der Waals surface area contributed by atoms with Crippen LogP contribution < -0.4 is 0 Å². The molecule has 0 amide bonds. The van der Waals surface area contributed by atoms with Crippen LogP contribution in [0.2, 0.25) is 0 Å². The average molecular weight is 212 g/mol. The molecule has 2 fully saturated rings. The van der Waals surface area contributed by atoms with E-state index in [1.807, 2.05) is 0 Å². The van der Waals surface area contributed by atoms with Crippen molar-refractivity contribution in [3.8, 4) is 0 Å². The summed E-state index contributed by atoms with van der Waals surface area (Å²) in [6, 6.07) is 0. The first-order valence-electron chi connectivity index (χ1n) is 6.14. The third-order valence-corrected chi connectivity index (χ3v) is 12.6. The topological polar surface area (TPSA) is 0 Å². The zero-order valence-electron chi connectivity index (χ0n) is 9.97. The third-order valence-electron chi connectivity index (χ3n) is 5.19. The van der Waals surface area contributed by atoms with E-state index in [1.165, 1.54) is 19.3 Å². The molecule has 1 spiro atoms. The van der Waals surface area contributed by atoms with Crippen molar-refractivity contribution >= 4 is 7.26 Å². The van der Waals surface area contributed by atoms with Crippen LogP contribution in [0.3, 0.4) is 0 Å². The zero-order chi connectivity index (χ0) is 10.4. The van der Waals surface area contributed by atoms with Crippen molar-refractivity contribution in [2.45, 2.75) is 50.8 Å². The average Bonchev–Trinajstić information content (AvgIpc) is 1.99. The van der Waals surface area contributed by atoms with E-state index >= 15 is 0 Å². The molecule has 0 N–H and O–H groups in total. The van der Waals surface area contributed by atoms with Crippen molar-refractivity contribution in [2.75, 3.05) is 12.3 Å². The summed E-state index contributed by atoms with van der Waals surface area (Å²) in [5.41, 5.74) is 1.14. The molecule has 0 nitrogen and oxygen atoms in total. The molecule has 2 aliphatic heterocycles. The molecule has 14 heavy (non-hydrogen) atoms. The molecule has 0 aromatic rings. The molecule has 0 saturated carbocycles. The first-order valence-corrected chi connectivity index (χ1v) is 8.63. The van der Waals surface area contributed by atoms with Gasteiger partial charge in [-0.15, -0.1) is 0 Å². The quantitative estimate of drug-likeness (QED) is 0.491. The van der Waals surface area contributed by atoms with Crippen LogP contribution in [0.25, 0.3) is 0 Å². The molecule has 0 aromatic carbocycles. The fourth-order valence-electron chi connectivity index (χ4n) is 3.93. The predicted octanol–water partition coefficient (Wildman–Crippen LogP) is 3.90. The summed E-state index contributed by atoms with van der Waals surface area (Å²) in [6.45, 7) is 11.3. The normalized spacial score (nSPS) is 36.6. The standard InChI is InChI=1S/C13H25P/c1-5-11(2)9-12-10-13(3,4)14(12)7-6-8-14/h5,11-12,14H,1,6-10H2,2-4H3. The minimum atomic E-state index is -0.774. The molecule has 2 atom stereocenters. The monoisotopic (exact) mass is 212 g/mol. The Hall–Kier alpha value is 0.170. The van der Waals surface area contributed by atoms with Crippen molar-refractivity contribution in [3.05, 3.63) is 12.7 Å². The molecule has 2 saturated heterocycles.